The van der Waals surface area contributed by atoms with E-state index < -0.39 is 6.04 Å². The van der Waals surface area contributed by atoms with Crippen LogP contribution in [-0.2, 0) is 9.59 Å². The Bertz CT molecular complexity index is 237. The minimum absolute atomic E-state index is 0.168. The molecular formula is C10H20N2O2S2. The van der Waals surface area contributed by atoms with Crippen molar-refractivity contribution >= 4 is 36.2 Å². The monoisotopic (exact) mass is 264 g/mol. The largest absolute Gasteiger partial charge is 0.354 e. The number of hydrogen-bond donors (Lipinski definition) is 3. The highest BCUT2D eigenvalue weighted by Gasteiger charge is 2.17. The van der Waals surface area contributed by atoms with Crippen molar-refractivity contribution in [3.8, 4) is 0 Å². The van der Waals surface area contributed by atoms with E-state index in [1.807, 2.05) is 6.26 Å². The van der Waals surface area contributed by atoms with Gasteiger partial charge in [-0.1, -0.05) is 6.92 Å². The van der Waals surface area contributed by atoms with Crippen LogP contribution < -0.4 is 10.6 Å². The fraction of sp³-hybridized carbons (Fsp3) is 0.800. The van der Waals surface area contributed by atoms with Crippen LogP contribution in [0.5, 0.6) is 0 Å². The summed E-state index contributed by atoms with van der Waals surface area (Å²) < 4.78 is 0. The van der Waals surface area contributed by atoms with Gasteiger partial charge in [-0.2, -0.15) is 24.4 Å². The van der Waals surface area contributed by atoms with E-state index >= 15 is 0 Å². The molecule has 94 valence electrons. The maximum atomic E-state index is 11.6. The molecule has 0 spiro atoms. The number of rotatable bonds is 7. The highest BCUT2D eigenvalue weighted by atomic mass is 32.2. The lowest BCUT2D eigenvalue weighted by Crippen LogP contribution is -2.48. The van der Waals surface area contributed by atoms with Crippen LogP contribution in [0, 0.1) is 5.92 Å². The molecule has 2 atom stereocenters. The Balaban J connectivity index is 3.97. The van der Waals surface area contributed by atoms with Gasteiger partial charge >= 0.3 is 0 Å². The van der Waals surface area contributed by atoms with Gasteiger partial charge in [-0.3, -0.25) is 9.59 Å². The molecule has 0 aliphatic carbocycles. The van der Waals surface area contributed by atoms with E-state index in [1.165, 1.54) is 6.92 Å². The molecule has 2 unspecified atom stereocenters. The Morgan fingerprint density at radius 2 is 2.06 bits per heavy atom. The van der Waals surface area contributed by atoms with Crippen LogP contribution in [-0.4, -0.2) is 42.2 Å². The van der Waals surface area contributed by atoms with Gasteiger partial charge in [-0.15, -0.1) is 0 Å². The van der Waals surface area contributed by atoms with Crippen LogP contribution in [0.3, 0.4) is 0 Å². The number of thioether (sulfide) groups is 1. The number of thiol groups is 1. The number of carbonyl (C=O) groups excluding carboxylic acids is 2. The molecular weight excluding hydrogens is 244 g/mol. The Labute approximate surface area is 107 Å². The lowest BCUT2D eigenvalue weighted by molar-refractivity contribution is -0.127. The SMILES string of the molecule is CSCC(C)CNC(=O)C(CS)NC(C)=O. The molecule has 0 heterocycles. The maximum Gasteiger partial charge on any atom is 0.243 e. The van der Waals surface area contributed by atoms with Crippen LogP contribution in [0.25, 0.3) is 0 Å². The van der Waals surface area contributed by atoms with Crippen LogP contribution in [0.1, 0.15) is 13.8 Å². The fourth-order valence-corrected chi connectivity index (χ4v) is 2.12. The standard InChI is InChI=1S/C10H20N2O2S2/c1-7(6-16-3)4-11-10(14)9(5-15)12-8(2)13/h7,9,15H,4-6H2,1-3H3,(H,11,14)(H,12,13). The molecule has 6 heteroatoms. The second-order valence-corrected chi connectivity index (χ2v) is 5.02. The van der Waals surface area contributed by atoms with Crippen molar-refractivity contribution in [2.24, 2.45) is 5.92 Å². The van der Waals surface area contributed by atoms with Crippen LogP contribution in [0.2, 0.25) is 0 Å². The Kier molecular flexibility index (Phi) is 8.56. The van der Waals surface area contributed by atoms with Gasteiger partial charge in [0, 0.05) is 19.2 Å². The molecule has 0 aromatic carbocycles. The number of amides is 2. The van der Waals surface area contributed by atoms with Gasteiger partial charge in [-0.25, -0.2) is 0 Å². The number of nitrogens with one attached hydrogen (secondary N) is 2. The highest BCUT2D eigenvalue weighted by molar-refractivity contribution is 7.98. The Hall–Kier alpha value is -0.360. The summed E-state index contributed by atoms with van der Waals surface area (Å²) in [5, 5.41) is 5.36. The molecule has 2 amide bonds. The van der Waals surface area contributed by atoms with Crippen LogP contribution in [0.4, 0.5) is 0 Å². The lowest BCUT2D eigenvalue weighted by Gasteiger charge is -2.17. The minimum Gasteiger partial charge on any atom is -0.354 e. The second-order valence-electron chi connectivity index (χ2n) is 3.74. The van der Waals surface area contributed by atoms with E-state index in [9.17, 15) is 9.59 Å². The van der Waals surface area contributed by atoms with Gasteiger partial charge in [0.05, 0.1) is 0 Å². The first-order valence-electron chi connectivity index (χ1n) is 5.15. The molecule has 2 N–H and O–H groups in total. The summed E-state index contributed by atoms with van der Waals surface area (Å²) >= 11 is 5.79. The van der Waals surface area contributed by atoms with E-state index in [2.05, 4.69) is 30.2 Å². The van der Waals surface area contributed by atoms with Gasteiger partial charge in [0.15, 0.2) is 0 Å². The molecule has 0 radical (unpaired) electrons. The molecule has 0 aliphatic heterocycles. The predicted octanol–water partition coefficient (Wildman–Crippen LogP) is 0.536. The van der Waals surface area contributed by atoms with E-state index in [1.54, 1.807) is 11.8 Å². The van der Waals surface area contributed by atoms with Gasteiger partial charge in [0.2, 0.25) is 11.8 Å². The molecule has 0 aromatic heterocycles. The molecule has 0 fully saturated rings. The summed E-state index contributed by atoms with van der Waals surface area (Å²) in [5.74, 6) is 1.36. The molecule has 0 rings (SSSR count). The summed E-state index contributed by atoms with van der Waals surface area (Å²) in [5.41, 5.74) is 0. The molecule has 0 saturated heterocycles. The van der Waals surface area contributed by atoms with Crippen molar-refractivity contribution < 1.29 is 9.59 Å². The number of carbonyl (C=O) groups is 2. The third-order valence-corrected chi connectivity index (χ3v) is 3.22. The van der Waals surface area contributed by atoms with Gasteiger partial charge < -0.3 is 10.6 Å². The first-order chi connectivity index (χ1) is 7.51. The van der Waals surface area contributed by atoms with Crippen molar-refractivity contribution in [1.29, 1.82) is 0 Å². The van der Waals surface area contributed by atoms with Crippen molar-refractivity contribution in [1.82, 2.24) is 10.6 Å². The first-order valence-corrected chi connectivity index (χ1v) is 7.18. The zero-order valence-electron chi connectivity index (χ0n) is 9.95. The summed E-state index contributed by atoms with van der Waals surface area (Å²) in [7, 11) is 0. The van der Waals surface area contributed by atoms with Crippen molar-refractivity contribution in [3.05, 3.63) is 0 Å². The normalized spacial score (nSPS) is 14.0. The summed E-state index contributed by atoms with van der Waals surface area (Å²) in [4.78, 5) is 22.5. The Morgan fingerprint density at radius 1 is 1.44 bits per heavy atom. The number of hydrogen-bond acceptors (Lipinski definition) is 4. The second kappa shape index (κ2) is 8.75. The molecule has 16 heavy (non-hydrogen) atoms. The molecule has 0 aliphatic rings. The van der Waals surface area contributed by atoms with E-state index in [0.29, 0.717) is 18.2 Å². The smallest absolute Gasteiger partial charge is 0.243 e. The quantitative estimate of drug-likeness (QED) is 0.588. The molecule has 4 nitrogen and oxygen atoms in total. The molecule has 0 bridgehead atoms. The van der Waals surface area contributed by atoms with Crippen LogP contribution >= 0.6 is 24.4 Å². The summed E-state index contributed by atoms with van der Waals surface area (Å²) in [6.07, 6.45) is 2.03. The zero-order chi connectivity index (χ0) is 12.6. The van der Waals surface area contributed by atoms with E-state index in [0.717, 1.165) is 5.75 Å². The average Bonchev–Trinajstić information content (AvgIpc) is 2.22. The van der Waals surface area contributed by atoms with Crippen LogP contribution in [0.15, 0.2) is 0 Å². The minimum atomic E-state index is -0.540. The lowest BCUT2D eigenvalue weighted by atomic mass is 10.2. The summed E-state index contributed by atoms with van der Waals surface area (Å²) in [6.45, 7) is 4.09. The maximum absolute atomic E-state index is 11.6. The predicted molar refractivity (Wildman–Crippen MR) is 72.0 cm³/mol. The van der Waals surface area contributed by atoms with Crippen molar-refractivity contribution in [2.75, 3.05) is 24.3 Å². The van der Waals surface area contributed by atoms with Gasteiger partial charge in [0.1, 0.15) is 6.04 Å². The third-order valence-electron chi connectivity index (χ3n) is 1.95. The average molecular weight is 264 g/mol. The molecule has 0 aromatic rings. The topological polar surface area (TPSA) is 58.2 Å². The highest BCUT2D eigenvalue weighted by Crippen LogP contribution is 2.02. The summed E-state index contributed by atoms with van der Waals surface area (Å²) in [6, 6.07) is -0.540. The van der Waals surface area contributed by atoms with E-state index in [4.69, 9.17) is 0 Å². The Morgan fingerprint density at radius 3 is 2.50 bits per heavy atom. The van der Waals surface area contributed by atoms with Crippen molar-refractivity contribution in [3.63, 3.8) is 0 Å². The van der Waals surface area contributed by atoms with Gasteiger partial charge in [0.25, 0.3) is 0 Å². The third kappa shape index (κ3) is 7.00. The first kappa shape index (κ1) is 15.6. The zero-order valence-corrected chi connectivity index (χ0v) is 11.7. The van der Waals surface area contributed by atoms with Gasteiger partial charge in [-0.05, 0) is 17.9 Å². The van der Waals surface area contributed by atoms with E-state index in [-0.39, 0.29) is 11.8 Å². The fourth-order valence-electron chi connectivity index (χ4n) is 1.18. The van der Waals surface area contributed by atoms with Crippen molar-refractivity contribution in [2.45, 2.75) is 19.9 Å². The molecule has 0 saturated carbocycles.